The van der Waals surface area contributed by atoms with E-state index in [2.05, 4.69) is 25.7 Å². The van der Waals surface area contributed by atoms with Crippen molar-refractivity contribution < 1.29 is 4.79 Å². The first-order valence-corrected chi connectivity index (χ1v) is 8.17. The van der Waals surface area contributed by atoms with Gasteiger partial charge in [-0.25, -0.2) is 0 Å². The van der Waals surface area contributed by atoms with Gasteiger partial charge in [-0.3, -0.25) is 4.79 Å². The summed E-state index contributed by atoms with van der Waals surface area (Å²) in [4.78, 5) is 14.0. The second-order valence-electron chi connectivity index (χ2n) is 5.70. The number of anilines is 1. The van der Waals surface area contributed by atoms with Gasteiger partial charge >= 0.3 is 0 Å². The number of hydrogen-bond donors (Lipinski definition) is 2. The monoisotopic (exact) mass is 347 g/mol. The molecule has 24 heavy (non-hydrogen) atoms. The van der Waals surface area contributed by atoms with Crippen molar-refractivity contribution in [1.82, 2.24) is 20.4 Å². The number of nitrogens with zero attached hydrogens (tertiary/aromatic N) is 3. The third-order valence-electron chi connectivity index (χ3n) is 3.35. The lowest BCUT2D eigenvalue weighted by molar-refractivity contribution is 0.0946. The van der Waals surface area contributed by atoms with Crippen LogP contribution in [-0.2, 0) is 6.54 Å². The summed E-state index contributed by atoms with van der Waals surface area (Å²) in [7, 11) is 4.01. The van der Waals surface area contributed by atoms with Crippen molar-refractivity contribution in [3.05, 3.63) is 52.7 Å². The van der Waals surface area contributed by atoms with Crippen LogP contribution in [0.25, 0.3) is 0 Å². The first-order valence-electron chi connectivity index (χ1n) is 7.79. The molecule has 1 aromatic heterocycles. The average Bonchev–Trinajstić information content (AvgIpc) is 2.58. The summed E-state index contributed by atoms with van der Waals surface area (Å²) >= 11 is 5.85. The zero-order valence-electron chi connectivity index (χ0n) is 13.9. The lowest BCUT2D eigenvalue weighted by Crippen LogP contribution is -2.28. The molecule has 0 atom stereocenters. The van der Waals surface area contributed by atoms with Gasteiger partial charge in [0.25, 0.3) is 5.91 Å². The van der Waals surface area contributed by atoms with Gasteiger partial charge in [-0.2, -0.15) is 0 Å². The highest BCUT2D eigenvalue weighted by Crippen LogP contribution is 2.11. The van der Waals surface area contributed by atoms with E-state index in [0.29, 0.717) is 29.6 Å². The molecule has 1 amide bonds. The molecule has 2 N–H and O–H groups in total. The summed E-state index contributed by atoms with van der Waals surface area (Å²) < 4.78 is 0. The van der Waals surface area contributed by atoms with Crippen LogP contribution < -0.4 is 10.6 Å². The molecule has 0 unspecified atom stereocenters. The van der Waals surface area contributed by atoms with E-state index in [9.17, 15) is 4.79 Å². The number of rotatable bonds is 8. The first kappa shape index (κ1) is 18.2. The molecule has 0 radical (unpaired) electrons. The van der Waals surface area contributed by atoms with Crippen LogP contribution in [0.5, 0.6) is 0 Å². The van der Waals surface area contributed by atoms with Crippen LogP contribution in [0.1, 0.15) is 22.5 Å². The van der Waals surface area contributed by atoms with E-state index in [0.717, 1.165) is 18.5 Å². The summed E-state index contributed by atoms with van der Waals surface area (Å²) in [5, 5.41) is 14.7. The van der Waals surface area contributed by atoms with Crippen molar-refractivity contribution in [2.75, 3.05) is 32.5 Å². The molecule has 0 spiro atoms. The van der Waals surface area contributed by atoms with E-state index in [-0.39, 0.29) is 5.91 Å². The van der Waals surface area contributed by atoms with Gasteiger partial charge in [0.1, 0.15) is 5.82 Å². The molecule has 0 aliphatic heterocycles. The topological polar surface area (TPSA) is 70.2 Å². The third-order valence-corrected chi connectivity index (χ3v) is 3.60. The van der Waals surface area contributed by atoms with Gasteiger partial charge < -0.3 is 15.5 Å². The van der Waals surface area contributed by atoms with Gasteiger partial charge in [-0.1, -0.05) is 23.7 Å². The molecule has 2 rings (SSSR count). The molecule has 7 heteroatoms. The lowest BCUT2D eigenvalue weighted by atomic mass is 10.2. The van der Waals surface area contributed by atoms with E-state index >= 15 is 0 Å². The Morgan fingerprint density at radius 3 is 2.50 bits per heavy atom. The number of halogens is 1. The van der Waals surface area contributed by atoms with Gasteiger partial charge in [0.15, 0.2) is 5.69 Å². The predicted octanol–water partition coefficient (Wildman–Crippen LogP) is 2.42. The second kappa shape index (κ2) is 9.20. The Hall–Kier alpha value is -2.18. The molecule has 6 nitrogen and oxygen atoms in total. The first-order chi connectivity index (χ1) is 11.5. The molecule has 0 saturated heterocycles. The molecule has 0 aliphatic carbocycles. The van der Waals surface area contributed by atoms with Crippen LogP contribution in [0.15, 0.2) is 36.4 Å². The maximum Gasteiger partial charge on any atom is 0.271 e. The zero-order chi connectivity index (χ0) is 17.4. The molecular formula is C17H22ClN5O. The molecule has 1 aromatic carbocycles. The highest BCUT2D eigenvalue weighted by molar-refractivity contribution is 6.30. The Labute approximate surface area is 147 Å². The Morgan fingerprint density at radius 2 is 1.88 bits per heavy atom. The van der Waals surface area contributed by atoms with Gasteiger partial charge in [0.2, 0.25) is 0 Å². The Bertz CT molecular complexity index is 643. The number of carbonyl (C=O) groups excluding carboxylic acids is 1. The van der Waals surface area contributed by atoms with Crippen molar-refractivity contribution in [2.45, 2.75) is 13.0 Å². The maximum absolute atomic E-state index is 12.0. The standard InChI is InChI=1S/C17H22ClN5O/c1-23(2)11-3-10-19-17(24)15-8-9-16(22-21-15)20-12-13-4-6-14(18)7-5-13/h4-9H,3,10-12H2,1-2H3,(H,19,24)(H,20,22). The summed E-state index contributed by atoms with van der Waals surface area (Å²) in [6, 6.07) is 11.0. The van der Waals surface area contributed by atoms with Crippen molar-refractivity contribution in [2.24, 2.45) is 0 Å². The number of aromatic nitrogens is 2. The molecule has 0 saturated carbocycles. The number of nitrogens with one attached hydrogen (secondary N) is 2. The third kappa shape index (κ3) is 6.14. The molecule has 0 bridgehead atoms. The van der Waals surface area contributed by atoms with Crippen LogP contribution in [0.3, 0.4) is 0 Å². The van der Waals surface area contributed by atoms with Crippen molar-refractivity contribution in [3.8, 4) is 0 Å². The van der Waals surface area contributed by atoms with Crippen LogP contribution >= 0.6 is 11.6 Å². The second-order valence-corrected chi connectivity index (χ2v) is 6.13. The van der Waals surface area contributed by atoms with Crippen molar-refractivity contribution in [1.29, 1.82) is 0 Å². The lowest BCUT2D eigenvalue weighted by Gasteiger charge is -2.09. The Kier molecular flexibility index (Phi) is 6.96. The number of amides is 1. The highest BCUT2D eigenvalue weighted by atomic mass is 35.5. The Morgan fingerprint density at radius 1 is 1.12 bits per heavy atom. The van der Waals surface area contributed by atoms with Gasteiger partial charge in [-0.05, 0) is 56.9 Å². The van der Waals surface area contributed by atoms with E-state index in [1.54, 1.807) is 12.1 Å². The molecular weight excluding hydrogens is 326 g/mol. The van der Waals surface area contributed by atoms with E-state index in [4.69, 9.17) is 11.6 Å². The fraction of sp³-hybridized carbons (Fsp3) is 0.353. The van der Waals surface area contributed by atoms with Gasteiger partial charge in [-0.15, -0.1) is 10.2 Å². The van der Waals surface area contributed by atoms with Crippen molar-refractivity contribution in [3.63, 3.8) is 0 Å². The average molecular weight is 348 g/mol. The normalized spacial score (nSPS) is 10.7. The predicted molar refractivity (Wildman–Crippen MR) is 96.3 cm³/mol. The van der Waals surface area contributed by atoms with Gasteiger partial charge in [0.05, 0.1) is 0 Å². The SMILES string of the molecule is CN(C)CCCNC(=O)c1ccc(NCc2ccc(Cl)cc2)nn1. The number of carbonyl (C=O) groups is 1. The number of hydrogen-bond acceptors (Lipinski definition) is 5. The molecule has 2 aromatic rings. The van der Waals surface area contributed by atoms with E-state index in [1.165, 1.54) is 0 Å². The fourth-order valence-electron chi connectivity index (χ4n) is 2.03. The van der Waals surface area contributed by atoms with Crippen molar-refractivity contribution >= 4 is 23.3 Å². The van der Waals surface area contributed by atoms with E-state index < -0.39 is 0 Å². The summed E-state index contributed by atoms with van der Waals surface area (Å²) in [6.07, 6.45) is 0.896. The highest BCUT2D eigenvalue weighted by Gasteiger charge is 2.07. The maximum atomic E-state index is 12.0. The summed E-state index contributed by atoms with van der Waals surface area (Å²) in [5.74, 6) is 0.416. The molecule has 128 valence electrons. The van der Waals surface area contributed by atoms with Crippen LogP contribution in [0, 0.1) is 0 Å². The summed E-state index contributed by atoms with van der Waals surface area (Å²) in [5.41, 5.74) is 1.40. The largest absolute Gasteiger partial charge is 0.365 e. The molecule has 0 fully saturated rings. The smallest absolute Gasteiger partial charge is 0.271 e. The Balaban J connectivity index is 1.79. The quantitative estimate of drug-likeness (QED) is 0.718. The van der Waals surface area contributed by atoms with E-state index in [1.807, 2.05) is 38.4 Å². The van der Waals surface area contributed by atoms with Gasteiger partial charge in [0, 0.05) is 18.1 Å². The minimum absolute atomic E-state index is 0.203. The van der Waals surface area contributed by atoms with Crippen LogP contribution in [0.2, 0.25) is 5.02 Å². The zero-order valence-corrected chi connectivity index (χ0v) is 14.7. The summed E-state index contributed by atoms with van der Waals surface area (Å²) in [6.45, 7) is 2.16. The minimum Gasteiger partial charge on any atom is -0.365 e. The molecule has 0 aliphatic rings. The van der Waals surface area contributed by atoms with Crippen LogP contribution in [-0.4, -0.2) is 48.2 Å². The molecule has 1 heterocycles. The fourth-order valence-corrected chi connectivity index (χ4v) is 2.16. The number of benzene rings is 1. The minimum atomic E-state index is -0.203. The van der Waals surface area contributed by atoms with Crippen LogP contribution in [0.4, 0.5) is 5.82 Å².